The molecule has 0 saturated carbocycles. The minimum Gasteiger partial charge on any atom is -0.406 e. The number of rotatable bonds is 4. The van der Waals surface area contributed by atoms with E-state index in [9.17, 15) is 13.2 Å². The van der Waals surface area contributed by atoms with E-state index in [-0.39, 0.29) is 5.75 Å². The SMILES string of the molecule is Cc1nc2ccc(Cl)cc2n1-c1cncc(Nc2ccc(OC(F)(F)F)cc2)n1. The molecule has 2 aromatic carbocycles. The molecule has 10 heteroatoms. The number of nitrogens with zero attached hydrogens (tertiary/aromatic N) is 4. The summed E-state index contributed by atoms with van der Waals surface area (Å²) in [6.45, 7) is 1.84. The third kappa shape index (κ3) is 4.24. The van der Waals surface area contributed by atoms with Gasteiger partial charge in [-0.3, -0.25) is 9.55 Å². The van der Waals surface area contributed by atoms with Crippen molar-refractivity contribution in [3.63, 3.8) is 0 Å². The van der Waals surface area contributed by atoms with Crippen LogP contribution in [0.1, 0.15) is 5.82 Å². The van der Waals surface area contributed by atoms with Crippen molar-refractivity contribution in [2.24, 2.45) is 0 Å². The van der Waals surface area contributed by atoms with Crippen LogP contribution in [0.15, 0.2) is 54.9 Å². The minimum atomic E-state index is -4.73. The van der Waals surface area contributed by atoms with Gasteiger partial charge in [-0.15, -0.1) is 13.2 Å². The van der Waals surface area contributed by atoms with Crippen LogP contribution in [0.3, 0.4) is 0 Å². The Kier molecular flexibility index (Phi) is 4.75. The molecule has 148 valence electrons. The summed E-state index contributed by atoms with van der Waals surface area (Å²) in [6, 6.07) is 10.7. The lowest BCUT2D eigenvalue weighted by Crippen LogP contribution is -2.16. The summed E-state index contributed by atoms with van der Waals surface area (Å²) in [5.74, 6) is 1.34. The maximum atomic E-state index is 12.3. The molecule has 0 saturated heterocycles. The lowest BCUT2D eigenvalue weighted by atomic mass is 10.3. The van der Waals surface area contributed by atoms with Crippen molar-refractivity contribution in [2.75, 3.05) is 5.32 Å². The summed E-state index contributed by atoms with van der Waals surface area (Å²) in [4.78, 5) is 13.2. The fourth-order valence-electron chi connectivity index (χ4n) is 2.87. The number of hydrogen-bond donors (Lipinski definition) is 1. The lowest BCUT2D eigenvalue weighted by Gasteiger charge is -2.11. The highest BCUT2D eigenvalue weighted by Gasteiger charge is 2.30. The molecule has 2 heterocycles. The van der Waals surface area contributed by atoms with Gasteiger partial charge >= 0.3 is 6.36 Å². The van der Waals surface area contributed by atoms with Crippen molar-refractivity contribution in [1.29, 1.82) is 0 Å². The van der Waals surface area contributed by atoms with Gasteiger partial charge in [0.25, 0.3) is 0 Å². The Balaban J connectivity index is 1.62. The number of halogens is 4. The Bertz CT molecular complexity index is 1170. The monoisotopic (exact) mass is 419 g/mol. The topological polar surface area (TPSA) is 64.9 Å². The molecule has 0 unspecified atom stereocenters. The predicted octanol–water partition coefficient (Wildman–Crippen LogP) is 5.42. The van der Waals surface area contributed by atoms with Crippen LogP contribution in [0.5, 0.6) is 5.75 Å². The van der Waals surface area contributed by atoms with Crippen molar-refractivity contribution < 1.29 is 17.9 Å². The van der Waals surface area contributed by atoms with Crippen molar-refractivity contribution in [3.8, 4) is 11.6 Å². The molecular formula is C19H13ClF3N5O. The van der Waals surface area contributed by atoms with Crippen molar-refractivity contribution >= 4 is 34.1 Å². The molecule has 0 aliphatic heterocycles. The third-order valence-corrected chi connectivity index (χ3v) is 4.23. The van der Waals surface area contributed by atoms with E-state index in [1.807, 2.05) is 17.6 Å². The highest BCUT2D eigenvalue weighted by molar-refractivity contribution is 6.31. The second kappa shape index (κ2) is 7.25. The van der Waals surface area contributed by atoms with Gasteiger partial charge in [0.2, 0.25) is 0 Å². The van der Waals surface area contributed by atoms with Crippen LogP contribution in [-0.2, 0) is 0 Å². The normalized spacial score (nSPS) is 11.6. The molecule has 0 amide bonds. The van der Waals surface area contributed by atoms with Gasteiger partial charge in [-0.2, -0.15) is 0 Å². The highest BCUT2D eigenvalue weighted by Crippen LogP contribution is 2.26. The average molecular weight is 420 g/mol. The Morgan fingerprint density at radius 2 is 1.79 bits per heavy atom. The minimum absolute atomic E-state index is 0.305. The van der Waals surface area contributed by atoms with E-state index in [1.54, 1.807) is 18.3 Å². The van der Waals surface area contributed by atoms with Crippen LogP contribution in [0.25, 0.3) is 16.9 Å². The largest absolute Gasteiger partial charge is 0.573 e. The number of benzene rings is 2. The first kappa shape index (κ1) is 19.0. The molecule has 0 aliphatic rings. The number of imidazole rings is 1. The number of anilines is 2. The molecule has 4 aromatic rings. The molecule has 0 fully saturated rings. The van der Waals surface area contributed by atoms with Crippen LogP contribution in [-0.4, -0.2) is 25.9 Å². The van der Waals surface area contributed by atoms with Crippen LogP contribution in [0.2, 0.25) is 5.02 Å². The molecular weight excluding hydrogens is 407 g/mol. The Morgan fingerprint density at radius 1 is 1.03 bits per heavy atom. The molecule has 2 aromatic heterocycles. The average Bonchev–Trinajstić information content (AvgIpc) is 2.97. The smallest absolute Gasteiger partial charge is 0.406 e. The summed E-state index contributed by atoms with van der Waals surface area (Å²) >= 11 is 6.11. The van der Waals surface area contributed by atoms with Crippen LogP contribution < -0.4 is 10.1 Å². The molecule has 0 radical (unpaired) electrons. The van der Waals surface area contributed by atoms with Crippen molar-refractivity contribution in [2.45, 2.75) is 13.3 Å². The summed E-state index contributed by atoms with van der Waals surface area (Å²) in [6.07, 6.45) is -1.64. The van der Waals surface area contributed by atoms with Gasteiger partial charge in [0.05, 0.1) is 23.4 Å². The maximum Gasteiger partial charge on any atom is 0.573 e. The summed E-state index contributed by atoms with van der Waals surface area (Å²) in [7, 11) is 0. The fraction of sp³-hybridized carbons (Fsp3) is 0.105. The summed E-state index contributed by atoms with van der Waals surface area (Å²) in [5.41, 5.74) is 2.09. The number of fused-ring (bicyclic) bond motifs is 1. The summed E-state index contributed by atoms with van der Waals surface area (Å²) < 4.78 is 42.5. The van der Waals surface area contributed by atoms with Gasteiger partial charge in [-0.25, -0.2) is 9.97 Å². The quantitative estimate of drug-likeness (QED) is 0.478. The van der Waals surface area contributed by atoms with Crippen LogP contribution in [0, 0.1) is 6.92 Å². The molecule has 4 rings (SSSR count). The molecule has 0 bridgehead atoms. The number of nitrogens with one attached hydrogen (secondary N) is 1. The zero-order chi connectivity index (χ0) is 20.6. The first-order chi connectivity index (χ1) is 13.8. The number of alkyl halides is 3. The number of hydrogen-bond acceptors (Lipinski definition) is 5. The molecule has 0 aliphatic carbocycles. The van der Waals surface area contributed by atoms with Gasteiger partial charge in [0.1, 0.15) is 11.6 Å². The van der Waals surface area contributed by atoms with Gasteiger partial charge in [-0.1, -0.05) is 11.6 Å². The van der Waals surface area contributed by atoms with E-state index < -0.39 is 6.36 Å². The van der Waals surface area contributed by atoms with E-state index >= 15 is 0 Å². The van der Waals surface area contributed by atoms with E-state index in [1.165, 1.54) is 30.5 Å². The van der Waals surface area contributed by atoms with E-state index in [2.05, 4.69) is 25.0 Å². The van der Waals surface area contributed by atoms with E-state index in [0.717, 1.165) is 11.0 Å². The van der Waals surface area contributed by atoms with Gasteiger partial charge in [-0.05, 0) is 49.4 Å². The molecule has 0 atom stereocenters. The first-order valence-electron chi connectivity index (χ1n) is 8.38. The lowest BCUT2D eigenvalue weighted by molar-refractivity contribution is -0.274. The zero-order valence-corrected chi connectivity index (χ0v) is 15.7. The van der Waals surface area contributed by atoms with Crippen LogP contribution in [0.4, 0.5) is 24.7 Å². The van der Waals surface area contributed by atoms with Crippen molar-refractivity contribution in [1.82, 2.24) is 19.5 Å². The third-order valence-electron chi connectivity index (χ3n) is 4.00. The maximum absolute atomic E-state index is 12.3. The molecule has 1 N–H and O–H groups in total. The van der Waals surface area contributed by atoms with Crippen LogP contribution >= 0.6 is 11.6 Å². The Morgan fingerprint density at radius 3 is 2.52 bits per heavy atom. The standard InChI is InChI=1S/C19H13ClF3N5O/c1-11-25-15-7-2-12(20)8-16(15)28(11)18-10-24-9-17(27-18)26-13-3-5-14(6-4-13)29-19(21,22)23/h2-10H,1H3,(H,26,27). The number of aryl methyl sites for hydroxylation is 1. The molecule has 0 spiro atoms. The fourth-order valence-corrected chi connectivity index (χ4v) is 3.04. The second-order valence-corrected chi connectivity index (χ2v) is 6.52. The van der Waals surface area contributed by atoms with Gasteiger partial charge < -0.3 is 10.1 Å². The van der Waals surface area contributed by atoms with Gasteiger partial charge in [0, 0.05) is 10.7 Å². The van der Waals surface area contributed by atoms with E-state index in [0.29, 0.717) is 28.2 Å². The predicted molar refractivity (Wildman–Crippen MR) is 103 cm³/mol. The molecule has 29 heavy (non-hydrogen) atoms. The highest BCUT2D eigenvalue weighted by atomic mass is 35.5. The Hall–Kier alpha value is -3.33. The van der Waals surface area contributed by atoms with E-state index in [4.69, 9.17) is 11.6 Å². The number of aromatic nitrogens is 4. The molecule has 6 nitrogen and oxygen atoms in total. The number of ether oxygens (including phenoxy) is 1. The summed E-state index contributed by atoms with van der Waals surface area (Å²) in [5, 5.41) is 3.58. The Labute approximate surface area is 167 Å². The zero-order valence-electron chi connectivity index (χ0n) is 14.9. The first-order valence-corrected chi connectivity index (χ1v) is 8.76. The van der Waals surface area contributed by atoms with Gasteiger partial charge in [0.15, 0.2) is 11.6 Å². The second-order valence-electron chi connectivity index (χ2n) is 6.09. The van der Waals surface area contributed by atoms with Crippen molar-refractivity contribution in [3.05, 3.63) is 65.7 Å².